The van der Waals surface area contributed by atoms with E-state index in [2.05, 4.69) is 19.9 Å². The van der Waals surface area contributed by atoms with Crippen molar-refractivity contribution < 1.29 is 44.3 Å². The molecule has 0 atom stereocenters. The van der Waals surface area contributed by atoms with Crippen molar-refractivity contribution in [3.63, 3.8) is 0 Å². The van der Waals surface area contributed by atoms with Gasteiger partial charge in [0.1, 0.15) is 5.88 Å². The summed E-state index contributed by atoms with van der Waals surface area (Å²) in [6.07, 6.45) is -5.81. The van der Waals surface area contributed by atoms with Crippen LogP contribution in [-0.2, 0) is 45.9 Å². The van der Waals surface area contributed by atoms with Crippen molar-refractivity contribution in [1.29, 1.82) is 0 Å². The van der Waals surface area contributed by atoms with E-state index >= 15 is 0 Å². The fourth-order valence-corrected chi connectivity index (χ4v) is 5.78. The molecule has 20 heteroatoms. The number of anilines is 1. The van der Waals surface area contributed by atoms with Crippen LogP contribution in [0.2, 0.25) is 0 Å². The Morgan fingerprint density at radius 2 is 1.38 bits per heavy atom. The van der Waals surface area contributed by atoms with Crippen molar-refractivity contribution in [2.75, 3.05) is 19.1 Å². The molecule has 5 aromatic rings. The number of aryl methyl sites for hydroxylation is 2. The summed E-state index contributed by atoms with van der Waals surface area (Å²) in [5.74, 6) is -1.68. The van der Waals surface area contributed by atoms with Crippen molar-refractivity contribution in [2.24, 2.45) is 0 Å². The van der Waals surface area contributed by atoms with Gasteiger partial charge in [0.2, 0.25) is 0 Å². The number of benzene rings is 2. The van der Waals surface area contributed by atoms with Gasteiger partial charge in [0.25, 0.3) is 5.56 Å². The van der Waals surface area contributed by atoms with Crippen LogP contribution in [0.5, 0.6) is 0 Å². The molecule has 0 aliphatic rings. The molecule has 0 saturated heterocycles. The van der Waals surface area contributed by atoms with Gasteiger partial charge in [-0.05, 0) is 50.2 Å². The lowest BCUT2D eigenvalue weighted by Gasteiger charge is -2.16. The highest BCUT2D eigenvalue weighted by molar-refractivity contribution is 7.89. The van der Waals surface area contributed by atoms with E-state index in [4.69, 9.17) is 5.73 Å². The summed E-state index contributed by atoms with van der Waals surface area (Å²) in [7, 11) is -2.60. The molecule has 268 valence electrons. The van der Waals surface area contributed by atoms with Crippen LogP contribution in [-0.4, -0.2) is 56.9 Å². The van der Waals surface area contributed by atoms with Crippen LogP contribution in [0.4, 0.5) is 32.0 Å². The van der Waals surface area contributed by atoms with Crippen LogP contribution >= 0.6 is 0 Å². The van der Waals surface area contributed by atoms with Crippen LogP contribution in [0.15, 0.2) is 58.4 Å². The molecular formula is C30H29F6N7O6S. The maximum Gasteiger partial charge on any atom is 0.417 e. The highest BCUT2D eigenvalue weighted by Crippen LogP contribution is 2.40. The predicted octanol–water partition coefficient (Wildman–Crippen LogP) is 4.55. The summed E-state index contributed by atoms with van der Waals surface area (Å²) in [5, 5.41) is 7.66. The van der Waals surface area contributed by atoms with Gasteiger partial charge in [-0.3, -0.25) is 14.2 Å². The standard InChI is InChI=1S/C16H15F3N4O4S.C14H14F3N3O2/c1-3-23-13(4-5-20-23)9-6-10-12(7-11(9)16(17,18)19)21-15(25)22(14(10)24)8-28(2,26)27;1-3-20-12(4-5-19-20)8-6-9(13(21)22-2)11(18)7-10(8)14(15,16)17/h4-7H,3,8H2,1-2H3,(H,21,25);4-7H,3,18H2,1-2H3. The number of esters is 1. The number of fused-ring (bicyclic) bond motifs is 1. The number of hydrogen-bond donors (Lipinski definition) is 2. The number of hydrogen-bond acceptors (Lipinski definition) is 9. The topological polar surface area (TPSA) is 177 Å². The molecular weight excluding hydrogens is 700 g/mol. The van der Waals surface area contributed by atoms with E-state index in [-0.39, 0.29) is 44.7 Å². The quantitative estimate of drug-likeness (QED) is 0.138. The number of sulfone groups is 1. The number of carbonyl (C=O) groups is 1. The Balaban J connectivity index is 0.000000232. The van der Waals surface area contributed by atoms with E-state index < -0.39 is 56.4 Å². The number of H-pyrrole nitrogens is 1. The molecule has 0 aliphatic carbocycles. The van der Waals surface area contributed by atoms with Gasteiger partial charge in [0, 0.05) is 48.6 Å². The first-order valence-corrected chi connectivity index (χ1v) is 16.5. The largest absolute Gasteiger partial charge is 0.465 e. The average Bonchev–Trinajstić information content (AvgIpc) is 3.71. The van der Waals surface area contributed by atoms with Gasteiger partial charge in [-0.1, -0.05) is 0 Å². The minimum Gasteiger partial charge on any atom is -0.465 e. The number of alkyl halides is 6. The Labute approximate surface area is 278 Å². The molecule has 3 heterocycles. The Morgan fingerprint density at radius 3 is 1.84 bits per heavy atom. The number of ether oxygens (including phenoxy) is 1. The van der Waals surface area contributed by atoms with Crippen molar-refractivity contribution in [2.45, 2.75) is 45.2 Å². The molecule has 0 saturated carbocycles. The molecule has 0 fully saturated rings. The number of methoxy groups -OCH3 is 1. The lowest BCUT2D eigenvalue weighted by Crippen LogP contribution is -2.37. The fourth-order valence-electron chi connectivity index (χ4n) is 5.08. The minimum atomic E-state index is -4.76. The second-order valence-corrected chi connectivity index (χ2v) is 12.8. The number of nitrogens with zero attached hydrogens (tertiary/aromatic N) is 5. The molecule has 3 aromatic heterocycles. The molecule has 0 unspecified atom stereocenters. The zero-order chi connectivity index (χ0) is 37.3. The number of aromatic amines is 1. The lowest BCUT2D eigenvalue weighted by atomic mass is 9.99. The highest BCUT2D eigenvalue weighted by Gasteiger charge is 2.37. The van der Waals surface area contributed by atoms with Gasteiger partial charge >= 0.3 is 24.0 Å². The molecule has 0 aliphatic heterocycles. The monoisotopic (exact) mass is 729 g/mol. The molecule has 0 amide bonds. The van der Waals surface area contributed by atoms with E-state index in [0.717, 1.165) is 31.6 Å². The minimum absolute atomic E-state index is 0.116. The van der Waals surface area contributed by atoms with Crippen LogP contribution in [0, 0.1) is 0 Å². The molecule has 0 radical (unpaired) electrons. The maximum atomic E-state index is 13.6. The molecule has 5 rings (SSSR count). The van der Waals surface area contributed by atoms with Gasteiger partial charge in [-0.2, -0.15) is 36.5 Å². The number of nitrogens with one attached hydrogen (secondary N) is 1. The summed E-state index contributed by atoms with van der Waals surface area (Å²) in [5.41, 5.74) is 0.670. The van der Waals surface area contributed by atoms with Crippen LogP contribution in [0.25, 0.3) is 33.4 Å². The molecule has 3 N–H and O–H groups in total. The summed E-state index contributed by atoms with van der Waals surface area (Å²) < 4.78 is 111. The molecule has 0 spiro atoms. The van der Waals surface area contributed by atoms with Crippen molar-refractivity contribution >= 4 is 32.4 Å². The Kier molecular flexibility index (Phi) is 10.4. The molecule has 0 bridgehead atoms. The third-order valence-corrected chi connectivity index (χ3v) is 8.00. The number of carbonyl (C=O) groups excluding carboxylic acids is 1. The Bertz CT molecular complexity index is 2300. The average molecular weight is 730 g/mol. The van der Waals surface area contributed by atoms with E-state index in [0.29, 0.717) is 23.7 Å². The fraction of sp³-hybridized carbons (Fsp3) is 0.300. The third-order valence-electron chi connectivity index (χ3n) is 7.27. The third kappa shape index (κ3) is 7.74. The lowest BCUT2D eigenvalue weighted by molar-refractivity contribution is -0.137. The summed E-state index contributed by atoms with van der Waals surface area (Å²) in [6, 6.07) is 6.33. The first-order chi connectivity index (χ1) is 23.2. The van der Waals surface area contributed by atoms with Crippen LogP contribution < -0.4 is 17.0 Å². The first-order valence-electron chi connectivity index (χ1n) is 14.4. The first kappa shape index (κ1) is 37.4. The number of nitrogen functional groups attached to an aromatic ring is 1. The van der Waals surface area contributed by atoms with Crippen molar-refractivity contribution in [3.8, 4) is 22.5 Å². The van der Waals surface area contributed by atoms with Crippen molar-refractivity contribution in [3.05, 3.63) is 86.3 Å². The van der Waals surface area contributed by atoms with E-state index in [1.165, 1.54) is 33.9 Å². The van der Waals surface area contributed by atoms with Crippen molar-refractivity contribution in [1.82, 2.24) is 29.1 Å². The zero-order valence-corrected chi connectivity index (χ0v) is 27.5. The van der Waals surface area contributed by atoms with Gasteiger partial charge < -0.3 is 15.5 Å². The number of aromatic nitrogens is 6. The Hall–Kier alpha value is -5.40. The smallest absolute Gasteiger partial charge is 0.417 e. The maximum absolute atomic E-state index is 13.6. The SMILES string of the molecule is CCn1nccc1-c1cc(C(=O)OC)c(N)cc1C(F)(F)F.CCn1nccc1-c1cc2c(=O)n(CS(C)(=O)=O)c(=O)[nH]c2cc1C(F)(F)F. The highest BCUT2D eigenvalue weighted by atomic mass is 32.2. The molecule has 50 heavy (non-hydrogen) atoms. The van der Waals surface area contributed by atoms with Gasteiger partial charge in [0.05, 0.1) is 46.1 Å². The van der Waals surface area contributed by atoms with Gasteiger partial charge in [-0.25, -0.2) is 22.6 Å². The number of nitrogens with two attached hydrogens (primary N) is 1. The van der Waals surface area contributed by atoms with E-state index in [1.807, 2.05) is 0 Å². The van der Waals surface area contributed by atoms with Crippen LogP contribution in [0.1, 0.15) is 35.3 Å². The van der Waals surface area contributed by atoms with E-state index in [1.54, 1.807) is 13.8 Å². The zero-order valence-electron chi connectivity index (χ0n) is 26.7. The number of rotatable bonds is 7. The molecule has 13 nitrogen and oxygen atoms in total. The Morgan fingerprint density at radius 1 is 0.880 bits per heavy atom. The second-order valence-electron chi connectivity index (χ2n) is 10.7. The van der Waals surface area contributed by atoms with Gasteiger partial charge in [-0.15, -0.1) is 0 Å². The van der Waals surface area contributed by atoms with Gasteiger partial charge in [0.15, 0.2) is 9.84 Å². The molecule has 2 aromatic carbocycles. The second kappa shape index (κ2) is 13.8. The normalized spacial score (nSPS) is 12.1. The summed E-state index contributed by atoms with van der Waals surface area (Å²) in [6.45, 7) is 4.13. The predicted molar refractivity (Wildman–Crippen MR) is 170 cm³/mol. The number of halogens is 6. The van der Waals surface area contributed by atoms with E-state index in [9.17, 15) is 49.1 Å². The summed E-state index contributed by atoms with van der Waals surface area (Å²) in [4.78, 5) is 38.5. The summed E-state index contributed by atoms with van der Waals surface area (Å²) >= 11 is 0. The van der Waals surface area contributed by atoms with Crippen LogP contribution in [0.3, 0.4) is 0 Å².